The fourth-order valence-electron chi connectivity index (χ4n) is 2.27. The predicted octanol–water partition coefficient (Wildman–Crippen LogP) is 3.37. The summed E-state index contributed by atoms with van der Waals surface area (Å²) < 4.78 is 53.6. The van der Waals surface area contributed by atoms with Gasteiger partial charge in [0.05, 0.1) is 17.6 Å². The predicted molar refractivity (Wildman–Crippen MR) is 136 cm³/mol. The molecular weight excluding hydrogens is 794 g/mol. The molecule has 162 valence electrons. The fraction of sp³-hybridized carbons (Fsp3) is 0.125. The van der Waals surface area contributed by atoms with E-state index < -0.39 is 37.6 Å². The first-order valence-electron chi connectivity index (χ1n) is 7.68. The molecule has 2 aromatic carbocycles. The third-order valence-corrected chi connectivity index (χ3v) is 7.74. The van der Waals surface area contributed by atoms with E-state index in [1.165, 1.54) is 24.3 Å². The van der Waals surface area contributed by atoms with Crippen LogP contribution in [0.5, 0.6) is 0 Å². The Hall–Kier alpha value is -0.300. The Morgan fingerprint density at radius 1 is 0.900 bits per heavy atom. The summed E-state index contributed by atoms with van der Waals surface area (Å²) in [7, 11) is -7.93. The number of rotatable bonds is 6. The van der Waals surface area contributed by atoms with Gasteiger partial charge < -0.3 is 0 Å². The van der Waals surface area contributed by atoms with E-state index in [4.69, 9.17) is 0 Å². The van der Waals surface area contributed by atoms with E-state index in [0.29, 0.717) is 8.04 Å². The number of nitrogens with one attached hydrogen (secondary N) is 2. The number of benzene rings is 2. The number of carbonyl (C=O) groups excluding carboxylic acids is 2. The zero-order valence-electron chi connectivity index (χ0n) is 14.9. The van der Waals surface area contributed by atoms with Crippen molar-refractivity contribution in [3.05, 3.63) is 63.1 Å². The van der Waals surface area contributed by atoms with Gasteiger partial charge in [-0.15, -0.1) is 0 Å². The van der Waals surface area contributed by atoms with Crippen LogP contribution < -0.4 is 9.44 Å². The maximum Gasteiger partial charge on any atom is 0.265 e. The van der Waals surface area contributed by atoms with E-state index >= 15 is 0 Å². The van der Waals surface area contributed by atoms with Gasteiger partial charge in [0.15, 0.2) is 0 Å². The maximum absolute atomic E-state index is 12.6. The Bertz CT molecular complexity index is 1230. The van der Waals surface area contributed by atoms with Crippen LogP contribution in [0.4, 0.5) is 0 Å². The molecule has 8 nitrogen and oxygen atoms in total. The summed E-state index contributed by atoms with van der Waals surface area (Å²) in [5, 5.41) is 0. The van der Waals surface area contributed by atoms with Crippen LogP contribution in [0.15, 0.2) is 39.3 Å². The van der Waals surface area contributed by atoms with E-state index in [2.05, 4.69) is 31.9 Å². The van der Waals surface area contributed by atoms with Crippen molar-refractivity contribution in [3.8, 4) is 0 Å². The van der Waals surface area contributed by atoms with Crippen molar-refractivity contribution in [1.29, 1.82) is 0 Å². The molecule has 0 fully saturated rings. The molecule has 2 rings (SSSR count). The Balaban J connectivity index is 2.32. The van der Waals surface area contributed by atoms with Crippen molar-refractivity contribution in [2.24, 2.45) is 0 Å². The minimum Gasteiger partial charge on any atom is -0.268 e. The highest BCUT2D eigenvalue weighted by atomic mass is 127. The number of halogens is 4. The molecule has 0 atom stereocenters. The van der Waals surface area contributed by atoms with Gasteiger partial charge in [-0.05, 0) is 97.0 Å². The maximum atomic E-state index is 12.6. The van der Waals surface area contributed by atoms with E-state index in [1.54, 1.807) is 6.07 Å². The normalized spacial score (nSPS) is 11.8. The zero-order valence-corrected chi connectivity index (χ0v) is 24.0. The summed E-state index contributed by atoms with van der Waals surface area (Å²) in [5.41, 5.74) is 0.294. The van der Waals surface area contributed by atoms with E-state index in [-0.39, 0.29) is 21.2 Å². The van der Waals surface area contributed by atoms with Crippen molar-refractivity contribution < 1.29 is 26.4 Å². The highest BCUT2D eigenvalue weighted by Gasteiger charge is 2.23. The lowest BCUT2D eigenvalue weighted by atomic mass is 10.1. The first-order chi connectivity index (χ1) is 13.7. The van der Waals surface area contributed by atoms with Crippen LogP contribution in [0, 0.1) is 7.14 Å². The first-order valence-corrected chi connectivity index (χ1v) is 15.0. The van der Waals surface area contributed by atoms with Crippen LogP contribution in [-0.4, -0.2) is 34.9 Å². The molecule has 2 aromatic rings. The van der Waals surface area contributed by atoms with Gasteiger partial charge in [0.1, 0.15) is 0 Å². The first kappa shape index (κ1) is 26.0. The lowest BCUT2D eigenvalue weighted by Gasteiger charge is -2.12. The molecule has 0 bridgehead atoms. The van der Waals surface area contributed by atoms with E-state index in [1.807, 2.05) is 54.6 Å². The van der Waals surface area contributed by atoms with Crippen LogP contribution in [0.1, 0.15) is 26.3 Å². The zero-order chi connectivity index (χ0) is 22.9. The van der Waals surface area contributed by atoms with Crippen molar-refractivity contribution in [2.45, 2.75) is 5.75 Å². The molecule has 0 unspecified atom stereocenters. The third-order valence-electron chi connectivity index (χ3n) is 3.35. The molecular formula is C16H12Br2I2N2O6S2. The quantitative estimate of drug-likeness (QED) is 0.432. The molecule has 0 aliphatic rings. The van der Waals surface area contributed by atoms with Gasteiger partial charge >= 0.3 is 0 Å². The second-order valence-electron chi connectivity index (χ2n) is 5.98. The fourth-order valence-corrected chi connectivity index (χ4v) is 6.84. The Kier molecular flexibility index (Phi) is 8.74. The van der Waals surface area contributed by atoms with Crippen molar-refractivity contribution in [2.75, 3.05) is 6.26 Å². The summed E-state index contributed by atoms with van der Waals surface area (Å²) in [5.74, 6) is -2.32. The van der Waals surface area contributed by atoms with Gasteiger partial charge in [-0.25, -0.2) is 26.3 Å². The van der Waals surface area contributed by atoms with Gasteiger partial charge in [0.2, 0.25) is 20.0 Å². The van der Waals surface area contributed by atoms with Gasteiger partial charge in [-0.3, -0.25) is 9.59 Å². The van der Waals surface area contributed by atoms with Crippen LogP contribution >= 0.6 is 77.0 Å². The highest BCUT2D eigenvalue weighted by Crippen LogP contribution is 2.27. The van der Waals surface area contributed by atoms with Crippen LogP contribution in [0.2, 0.25) is 0 Å². The minimum absolute atomic E-state index is 0.0506. The molecule has 0 saturated heterocycles. The molecule has 0 aromatic heterocycles. The van der Waals surface area contributed by atoms with Crippen molar-refractivity contribution in [1.82, 2.24) is 9.44 Å². The molecule has 0 saturated carbocycles. The van der Waals surface area contributed by atoms with Crippen LogP contribution in [0.25, 0.3) is 0 Å². The average molecular weight is 806 g/mol. The molecule has 0 aliphatic carbocycles. The molecule has 0 radical (unpaired) electrons. The molecule has 0 spiro atoms. The topological polar surface area (TPSA) is 126 Å². The average Bonchev–Trinajstić information content (AvgIpc) is 2.54. The van der Waals surface area contributed by atoms with E-state index in [0.717, 1.165) is 9.83 Å². The van der Waals surface area contributed by atoms with E-state index in [9.17, 15) is 26.4 Å². The molecule has 0 aliphatic heterocycles. The van der Waals surface area contributed by atoms with Gasteiger partial charge in [0.25, 0.3) is 11.8 Å². The number of hydrogen-bond donors (Lipinski definition) is 2. The monoisotopic (exact) mass is 804 g/mol. The standard InChI is InChI=1S/C16H12Br2I2N2O6S2/c1-29(25,26)21-16(24)13-6-12(20)4-9(14(13)18)7-30(27,28)22-15(23)8-2-10(17)5-11(19)3-8/h2-6H,7H2,1H3,(H,21,24)(H,22,23). The van der Waals surface area contributed by atoms with Gasteiger partial charge in [-0.1, -0.05) is 15.9 Å². The lowest BCUT2D eigenvalue weighted by molar-refractivity contribution is 0.0971. The summed E-state index contributed by atoms with van der Waals surface area (Å²) in [6, 6.07) is 7.70. The summed E-state index contributed by atoms with van der Waals surface area (Å²) in [6.45, 7) is 0. The minimum atomic E-state index is -4.13. The summed E-state index contributed by atoms with van der Waals surface area (Å²) in [6.07, 6.45) is 0.830. The number of hydrogen-bond acceptors (Lipinski definition) is 6. The van der Waals surface area contributed by atoms with Crippen LogP contribution in [-0.2, 0) is 25.8 Å². The molecule has 2 N–H and O–H groups in total. The molecule has 30 heavy (non-hydrogen) atoms. The van der Waals surface area contributed by atoms with Crippen molar-refractivity contribution in [3.63, 3.8) is 0 Å². The second kappa shape index (κ2) is 10.1. The Labute approximate surface area is 217 Å². The Morgan fingerprint density at radius 2 is 1.50 bits per heavy atom. The largest absolute Gasteiger partial charge is 0.268 e. The summed E-state index contributed by atoms with van der Waals surface area (Å²) in [4.78, 5) is 24.6. The van der Waals surface area contributed by atoms with Crippen molar-refractivity contribution >= 4 is 109 Å². The number of sulfonamides is 2. The van der Waals surface area contributed by atoms with Gasteiger partial charge in [0, 0.05) is 21.6 Å². The Morgan fingerprint density at radius 3 is 2.07 bits per heavy atom. The smallest absolute Gasteiger partial charge is 0.265 e. The summed E-state index contributed by atoms with van der Waals surface area (Å²) >= 11 is 10.3. The van der Waals surface area contributed by atoms with Crippen LogP contribution in [0.3, 0.4) is 0 Å². The second-order valence-corrected chi connectivity index (χ2v) is 13.6. The number of carbonyl (C=O) groups is 2. The third kappa shape index (κ3) is 7.68. The molecule has 0 heterocycles. The SMILES string of the molecule is CS(=O)(=O)NC(=O)c1cc(I)cc(CS(=O)(=O)NC(=O)c2cc(Br)cc(I)c2)c1Br. The highest BCUT2D eigenvalue weighted by molar-refractivity contribution is 14.1. The molecule has 14 heteroatoms. The van der Waals surface area contributed by atoms with Gasteiger partial charge in [-0.2, -0.15) is 0 Å². The number of amides is 2. The molecule has 2 amide bonds. The lowest BCUT2D eigenvalue weighted by Crippen LogP contribution is -2.32.